The van der Waals surface area contributed by atoms with Crippen molar-refractivity contribution >= 4 is 29.2 Å². The maximum absolute atomic E-state index is 12.9. The molecule has 0 fully saturated rings. The molecule has 0 spiro atoms. The van der Waals surface area contributed by atoms with Crippen molar-refractivity contribution in [1.29, 1.82) is 5.41 Å². The first-order valence-corrected chi connectivity index (χ1v) is 10.5. The predicted octanol–water partition coefficient (Wildman–Crippen LogP) is 2.13. The van der Waals surface area contributed by atoms with Gasteiger partial charge in [-0.3, -0.25) is 10.2 Å². The van der Waals surface area contributed by atoms with Crippen LogP contribution in [0.3, 0.4) is 0 Å². The molecule has 1 aliphatic rings. The smallest absolute Gasteiger partial charge is 0.291 e. The van der Waals surface area contributed by atoms with Crippen LogP contribution in [0.1, 0.15) is 16.7 Å². The van der Waals surface area contributed by atoms with Gasteiger partial charge >= 0.3 is 0 Å². The molecule has 35 heavy (non-hydrogen) atoms. The average Bonchev–Trinajstić information content (AvgIpc) is 3.38. The number of nitrogens with two attached hydrogens (primary N) is 1. The number of nitrogens with zero attached hydrogens (tertiary/aromatic N) is 6. The number of anilines is 1. The van der Waals surface area contributed by atoms with Crippen molar-refractivity contribution in [3.63, 3.8) is 0 Å². The van der Waals surface area contributed by atoms with Crippen LogP contribution in [0.25, 0.3) is 5.82 Å². The molecule has 0 radical (unpaired) electrons. The molecule has 1 atom stereocenters. The largest absolute Gasteiger partial charge is 0.407 e. The van der Waals surface area contributed by atoms with E-state index in [0.717, 1.165) is 11.1 Å². The summed E-state index contributed by atoms with van der Waals surface area (Å²) >= 11 is 0. The Morgan fingerprint density at radius 1 is 1.09 bits per heavy atom. The molecule has 172 valence electrons. The van der Waals surface area contributed by atoms with Gasteiger partial charge in [-0.25, -0.2) is 19.6 Å². The zero-order valence-corrected chi connectivity index (χ0v) is 18.2. The fraction of sp³-hybridized carbons (Fsp3) is 0.0417. The number of para-hydroxylation sites is 1. The Bertz CT molecular complexity index is 1430. The minimum absolute atomic E-state index is 0.284. The molecule has 1 aliphatic heterocycles. The van der Waals surface area contributed by atoms with Gasteiger partial charge in [0, 0.05) is 17.3 Å². The Balaban J connectivity index is 1.39. The van der Waals surface area contributed by atoms with E-state index in [2.05, 4.69) is 30.4 Å². The zero-order valence-electron chi connectivity index (χ0n) is 18.2. The number of carbonyl (C=O) groups excluding carboxylic acids is 1. The van der Waals surface area contributed by atoms with Gasteiger partial charge in [-0.05, 0) is 18.2 Å². The Morgan fingerprint density at radius 2 is 1.89 bits per heavy atom. The number of fused-ring (bicyclic) bond motifs is 1. The van der Waals surface area contributed by atoms with E-state index >= 15 is 0 Å². The van der Waals surface area contributed by atoms with Gasteiger partial charge in [0.2, 0.25) is 12.1 Å². The van der Waals surface area contributed by atoms with Crippen molar-refractivity contribution < 1.29 is 9.53 Å². The molecule has 4 N–H and O–H groups in total. The molecule has 2 aromatic heterocycles. The maximum Gasteiger partial charge on any atom is 0.291 e. The minimum atomic E-state index is -1.21. The summed E-state index contributed by atoms with van der Waals surface area (Å²) in [6, 6.07) is 19.7. The van der Waals surface area contributed by atoms with E-state index in [0.29, 0.717) is 22.8 Å². The van der Waals surface area contributed by atoms with Crippen LogP contribution in [-0.2, 0) is 9.53 Å². The van der Waals surface area contributed by atoms with Crippen LogP contribution < -0.4 is 11.1 Å². The van der Waals surface area contributed by atoms with Crippen molar-refractivity contribution in [1.82, 2.24) is 19.7 Å². The Morgan fingerprint density at radius 3 is 2.63 bits per heavy atom. The molecule has 0 bridgehead atoms. The summed E-state index contributed by atoms with van der Waals surface area (Å²) in [5, 5.41) is 15.0. The van der Waals surface area contributed by atoms with Gasteiger partial charge < -0.3 is 15.8 Å². The molecule has 1 amide bonds. The third-order valence-corrected chi connectivity index (χ3v) is 5.09. The Kier molecular flexibility index (Phi) is 5.78. The fourth-order valence-electron chi connectivity index (χ4n) is 3.45. The number of ether oxygens (including phenoxy) is 1. The van der Waals surface area contributed by atoms with Gasteiger partial charge in [-0.1, -0.05) is 48.5 Å². The lowest BCUT2D eigenvalue weighted by molar-refractivity contribution is -0.117. The number of amidine groups is 1. The summed E-state index contributed by atoms with van der Waals surface area (Å²) < 4.78 is 6.85. The van der Waals surface area contributed by atoms with Crippen LogP contribution >= 0.6 is 0 Å². The highest BCUT2D eigenvalue weighted by Crippen LogP contribution is 2.24. The Labute approximate surface area is 199 Å². The maximum atomic E-state index is 12.9. The molecule has 0 aliphatic carbocycles. The fourth-order valence-corrected chi connectivity index (χ4v) is 3.45. The lowest BCUT2D eigenvalue weighted by atomic mass is 10.0. The number of rotatable bonds is 4. The van der Waals surface area contributed by atoms with Crippen molar-refractivity contribution in [2.45, 2.75) is 6.17 Å². The SMILES string of the molecule is N=C(O/C(N)=N/C1N=C(c2ccccc2)c2ccccc2NC1=O)c1ccc(-n2cncn2)nc1. The van der Waals surface area contributed by atoms with Crippen molar-refractivity contribution in [2.24, 2.45) is 15.7 Å². The number of benzene rings is 2. The van der Waals surface area contributed by atoms with Crippen LogP contribution in [0.4, 0.5) is 5.69 Å². The number of hydrogen-bond donors (Lipinski definition) is 3. The Hall–Kier alpha value is -5.19. The van der Waals surface area contributed by atoms with Crippen LogP contribution in [0.2, 0.25) is 0 Å². The third kappa shape index (κ3) is 4.64. The van der Waals surface area contributed by atoms with Gasteiger partial charge in [0.15, 0.2) is 5.82 Å². The van der Waals surface area contributed by atoms with E-state index in [-0.39, 0.29) is 11.9 Å². The number of benzodiazepines with no additional fused rings is 1. The highest BCUT2D eigenvalue weighted by molar-refractivity contribution is 6.19. The zero-order chi connectivity index (χ0) is 24.2. The number of nitrogens with one attached hydrogen (secondary N) is 2. The second kappa shape index (κ2) is 9.35. The van der Waals surface area contributed by atoms with Gasteiger partial charge in [0.25, 0.3) is 11.9 Å². The number of hydrogen-bond acceptors (Lipinski definition) is 8. The van der Waals surface area contributed by atoms with Crippen molar-refractivity contribution in [3.05, 3.63) is 102 Å². The summed E-state index contributed by atoms with van der Waals surface area (Å²) in [5.41, 5.74) is 9.09. The molecule has 1 unspecified atom stereocenters. The molecule has 0 saturated heterocycles. The van der Waals surface area contributed by atoms with E-state index in [1.54, 1.807) is 18.2 Å². The van der Waals surface area contributed by atoms with Gasteiger partial charge in [0.05, 0.1) is 17.0 Å². The lowest BCUT2D eigenvalue weighted by Crippen LogP contribution is -2.29. The monoisotopic (exact) mass is 465 g/mol. The highest BCUT2D eigenvalue weighted by Gasteiger charge is 2.26. The molecule has 2 aromatic carbocycles. The van der Waals surface area contributed by atoms with Crippen molar-refractivity contribution in [2.75, 3.05) is 5.32 Å². The normalized spacial score (nSPS) is 15.4. The predicted molar refractivity (Wildman–Crippen MR) is 130 cm³/mol. The van der Waals surface area contributed by atoms with Crippen molar-refractivity contribution in [3.8, 4) is 5.82 Å². The average molecular weight is 465 g/mol. The number of pyridine rings is 1. The topological polar surface area (TPSA) is 157 Å². The number of carbonyl (C=O) groups is 1. The van der Waals surface area contributed by atoms with Gasteiger partial charge in [-0.2, -0.15) is 10.1 Å². The van der Waals surface area contributed by atoms with Gasteiger partial charge in [0.1, 0.15) is 12.7 Å². The van der Waals surface area contributed by atoms with Crippen LogP contribution in [0, 0.1) is 5.41 Å². The molecule has 4 aromatic rings. The second-order valence-electron chi connectivity index (χ2n) is 7.40. The summed E-state index contributed by atoms with van der Waals surface area (Å²) in [7, 11) is 0. The molecule has 5 rings (SSSR count). The van der Waals surface area contributed by atoms with E-state index in [1.165, 1.54) is 23.5 Å². The van der Waals surface area contributed by atoms with Crippen LogP contribution in [0.5, 0.6) is 0 Å². The molecule has 3 heterocycles. The van der Waals surface area contributed by atoms with Gasteiger partial charge in [-0.15, -0.1) is 0 Å². The molecule has 0 saturated carbocycles. The third-order valence-electron chi connectivity index (χ3n) is 5.09. The summed E-state index contributed by atoms with van der Waals surface area (Å²) in [5.74, 6) is -0.230. The molecular formula is C24H19N9O2. The first kappa shape index (κ1) is 21.6. The van der Waals surface area contributed by atoms with E-state index in [4.69, 9.17) is 15.9 Å². The molecule has 11 heteroatoms. The first-order chi connectivity index (χ1) is 17.1. The lowest BCUT2D eigenvalue weighted by Gasteiger charge is -2.10. The summed E-state index contributed by atoms with van der Waals surface area (Å²) in [6.45, 7) is 0. The first-order valence-electron chi connectivity index (χ1n) is 10.5. The second-order valence-corrected chi connectivity index (χ2v) is 7.40. The van der Waals surface area contributed by atoms with Crippen LogP contribution in [0.15, 0.2) is 95.6 Å². The minimum Gasteiger partial charge on any atom is -0.407 e. The van der Waals surface area contributed by atoms with Crippen LogP contribution in [-0.4, -0.2) is 49.5 Å². The van der Waals surface area contributed by atoms with E-state index in [9.17, 15) is 4.79 Å². The molecule has 11 nitrogen and oxygen atoms in total. The van der Waals surface area contributed by atoms with E-state index in [1.807, 2.05) is 48.5 Å². The molecular weight excluding hydrogens is 446 g/mol. The summed E-state index contributed by atoms with van der Waals surface area (Å²) in [4.78, 5) is 29.7. The highest BCUT2D eigenvalue weighted by atomic mass is 16.5. The quantitative estimate of drug-likeness (QED) is 0.310. The number of aliphatic imine (C=N–C) groups is 2. The number of aromatic nitrogens is 4. The summed E-state index contributed by atoms with van der Waals surface area (Å²) in [6.07, 6.45) is 3.13. The standard InChI is InChI=1S/C24H19N9O2/c25-21(16-10-11-19(28-12-16)33-14-27-13-29-33)35-24(26)32-22-23(34)30-18-9-5-4-8-17(18)20(31-22)15-6-2-1-3-7-15/h1-14,22,25H,(H2,26,32)(H,30,34). The number of amides is 1. The van der Waals surface area contributed by atoms with E-state index < -0.39 is 12.1 Å².